The summed E-state index contributed by atoms with van der Waals surface area (Å²) in [5, 5.41) is 8.26. The van der Waals surface area contributed by atoms with Gasteiger partial charge in [0, 0.05) is 5.69 Å². The van der Waals surface area contributed by atoms with Gasteiger partial charge in [-0.2, -0.15) is 4.98 Å². The van der Waals surface area contributed by atoms with Crippen molar-refractivity contribution in [2.75, 3.05) is 5.32 Å². The summed E-state index contributed by atoms with van der Waals surface area (Å²) < 4.78 is 22.4. The molecule has 0 radical (unpaired) electrons. The van der Waals surface area contributed by atoms with E-state index in [1.54, 1.807) is 24.3 Å². The van der Waals surface area contributed by atoms with Crippen LogP contribution in [0.25, 0.3) is 0 Å². The van der Waals surface area contributed by atoms with Crippen molar-refractivity contribution in [2.45, 2.75) is 5.75 Å². The lowest BCUT2D eigenvalue weighted by Gasteiger charge is -2.11. The van der Waals surface area contributed by atoms with E-state index in [4.69, 9.17) is 28.3 Å². The average molecular weight is 333 g/mol. The van der Waals surface area contributed by atoms with Gasteiger partial charge in [0.25, 0.3) is 0 Å². The smallest absolute Gasteiger partial charge is 0.224 e. The van der Waals surface area contributed by atoms with Crippen molar-refractivity contribution in [3.8, 4) is 0 Å². The second-order valence-corrected chi connectivity index (χ2v) is 6.28. The van der Waals surface area contributed by atoms with Gasteiger partial charge in [0.15, 0.2) is 5.82 Å². The predicted molar refractivity (Wildman–Crippen MR) is 78.6 cm³/mol. The van der Waals surface area contributed by atoms with E-state index < -0.39 is 10.0 Å². The van der Waals surface area contributed by atoms with Gasteiger partial charge in [-0.3, -0.25) is 0 Å². The number of aromatic nitrogens is 2. The van der Waals surface area contributed by atoms with Gasteiger partial charge in [-0.25, -0.2) is 18.5 Å². The molecule has 0 amide bonds. The molecular weight excluding hydrogens is 323 g/mol. The Morgan fingerprint density at radius 1 is 1.25 bits per heavy atom. The number of hydrogen-bond donors (Lipinski definition) is 2. The van der Waals surface area contributed by atoms with E-state index in [1.165, 1.54) is 6.20 Å². The Morgan fingerprint density at radius 2 is 1.95 bits per heavy atom. The fourth-order valence-electron chi connectivity index (χ4n) is 1.55. The van der Waals surface area contributed by atoms with Crippen LogP contribution in [0.3, 0.4) is 0 Å². The lowest BCUT2D eigenvalue weighted by Crippen LogP contribution is -2.15. The average Bonchev–Trinajstić information content (AvgIpc) is 2.34. The van der Waals surface area contributed by atoms with E-state index in [-0.39, 0.29) is 21.9 Å². The number of hydrogen-bond acceptors (Lipinski definition) is 5. The van der Waals surface area contributed by atoms with Crippen molar-refractivity contribution in [3.63, 3.8) is 0 Å². The van der Waals surface area contributed by atoms with Crippen LogP contribution in [0.2, 0.25) is 10.3 Å². The molecule has 0 atom stereocenters. The molecule has 6 nitrogen and oxygen atoms in total. The van der Waals surface area contributed by atoms with Crippen LogP contribution < -0.4 is 10.5 Å². The minimum atomic E-state index is -3.64. The third-order valence-electron chi connectivity index (χ3n) is 2.34. The molecule has 1 aromatic carbocycles. The van der Waals surface area contributed by atoms with E-state index >= 15 is 0 Å². The van der Waals surface area contributed by atoms with E-state index in [0.717, 1.165) is 0 Å². The number of primary sulfonamides is 1. The second-order valence-electron chi connectivity index (χ2n) is 3.92. The largest absolute Gasteiger partial charge is 0.339 e. The van der Waals surface area contributed by atoms with Crippen molar-refractivity contribution >= 4 is 44.7 Å². The molecule has 9 heteroatoms. The second kappa shape index (κ2) is 5.92. The summed E-state index contributed by atoms with van der Waals surface area (Å²) in [5.74, 6) is -0.0133. The number of nitrogens with one attached hydrogen (secondary N) is 1. The zero-order valence-electron chi connectivity index (χ0n) is 10.0. The Balaban J connectivity index is 2.36. The molecule has 0 fully saturated rings. The third-order valence-corrected chi connectivity index (χ3v) is 3.51. The van der Waals surface area contributed by atoms with Crippen LogP contribution in [0.1, 0.15) is 5.56 Å². The van der Waals surface area contributed by atoms with Crippen LogP contribution in [0.5, 0.6) is 0 Å². The fourth-order valence-corrected chi connectivity index (χ4v) is 2.50. The first kappa shape index (κ1) is 15.0. The molecule has 106 valence electrons. The Kier molecular flexibility index (Phi) is 4.44. The van der Waals surface area contributed by atoms with Gasteiger partial charge in [-0.1, -0.05) is 29.8 Å². The van der Waals surface area contributed by atoms with Crippen LogP contribution in [0.4, 0.5) is 11.5 Å². The van der Waals surface area contributed by atoms with Gasteiger partial charge < -0.3 is 5.32 Å². The molecule has 0 aliphatic rings. The van der Waals surface area contributed by atoms with Gasteiger partial charge in [0.05, 0.1) is 11.9 Å². The lowest BCUT2D eigenvalue weighted by molar-refractivity contribution is 0.597. The molecule has 0 spiro atoms. The Morgan fingerprint density at radius 3 is 2.65 bits per heavy atom. The quantitative estimate of drug-likeness (QED) is 0.837. The van der Waals surface area contributed by atoms with Gasteiger partial charge in [0.2, 0.25) is 15.3 Å². The van der Waals surface area contributed by atoms with E-state index in [9.17, 15) is 8.42 Å². The predicted octanol–water partition coefficient (Wildman–Crippen LogP) is 2.32. The maximum Gasteiger partial charge on any atom is 0.224 e. The van der Waals surface area contributed by atoms with Gasteiger partial charge in [-0.05, 0) is 23.2 Å². The zero-order valence-corrected chi connectivity index (χ0v) is 12.4. The molecule has 0 saturated heterocycles. The summed E-state index contributed by atoms with van der Waals surface area (Å²) in [6.07, 6.45) is 1.35. The molecule has 2 aromatic rings. The Bertz CT molecular complexity index is 737. The Hall–Kier alpha value is -1.41. The van der Waals surface area contributed by atoms with Crippen molar-refractivity contribution in [2.24, 2.45) is 5.14 Å². The number of nitrogens with two attached hydrogens (primary N) is 1. The Labute approximate surface area is 126 Å². The highest BCUT2D eigenvalue weighted by molar-refractivity contribution is 7.88. The van der Waals surface area contributed by atoms with E-state index in [1.807, 2.05) is 0 Å². The molecule has 0 bridgehead atoms. The molecule has 0 aliphatic heterocycles. The molecule has 1 aromatic heterocycles. The fraction of sp³-hybridized carbons (Fsp3) is 0.0909. The standard InChI is InChI=1S/C11H10Cl2N4O2S/c12-8-5-15-11(13)17-10(8)16-9-4-2-1-3-7(9)6-20(14,18)19/h1-5H,6H2,(H2,14,18,19)(H,15,16,17). The van der Waals surface area contributed by atoms with Crippen molar-refractivity contribution < 1.29 is 8.42 Å². The van der Waals surface area contributed by atoms with Gasteiger partial charge >= 0.3 is 0 Å². The highest BCUT2D eigenvalue weighted by atomic mass is 35.5. The first-order valence-corrected chi connectivity index (χ1v) is 7.86. The maximum atomic E-state index is 11.2. The summed E-state index contributed by atoms with van der Waals surface area (Å²) in [7, 11) is -3.64. The highest BCUT2D eigenvalue weighted by Gasteiger charge is 2.11. The maximum absolute atomic E-state index is 11.2. The van der Waals surface area contributed by atoms with Crippen molar-refractivity contribution in [3.05, 3.63) is 46.3 Å². The molecule has 0 saturated carbocycles. The van der Waals surface area contributed by atoms with Crippen molar-refractivity contribution in [1.82, 2.24) is 9.97 Å². The van der Waals surface area contributed by atoms with E-state index in [2.05, 4.69) is 15.3 Å². The summed E-state index contributed by atoms with van der Waals surface area (Å²) in [6.45, 7) is 0. The first-order chi connectivity index (χ1) is 9.35. The number of benzene rings is 1. The molecule has 1 heterocycles. The highest BCUT2D eigenvalue weighted by Crippen LogP contribution is 2.26. The number of anilines is 2. The van der Waals surface area contributed by atoms with Crippen LogP contribution >= 0.6 is 23.2 Å². The van der Waals surface area contributed by atoms with Gasteiger partial charge in [0.1, 0.15) is 5.02 Å². The molecule has 2 rings (SSSR count). The normalized spacial score (nSPS) is 11.3. The van der Waals surface area contributed by atoms with Crippen molar-refractivity contribution in [1.29, 1.82) is 0 Å². The first-order valence-electron chi connectivity index (χ1n) is 5.38. The van der Waals surface area contributed by atoms with E-state index in [0.29, 0.717) is 11.3 Å². The topological polar surface area (TPSA) is 98.0 Å². The lowest BCUT2D eigenvalue weighted by atomic mass is 10.2. The molecule has 3 N–H and O–H groups in total. The van der Waals surface area contributed by atoms with Crippen LogP contribution in [-0.4, -0.2) is 18.4 Å². The number of rotatable bonds is 4. The zero-order chi connectivity index (χ0) is 14.8. The summed E-state index contributed by atoms with van der Waals surface area (Å²) in [4.78, 5) is 7.67. The SMILES string of the molecule is NS(=O)(=O)Cc1ccccc1Nc1nc(Cl)ncc1Cl. The number of sulfonamides is 1. The number of halogens is 2. The summed E-state index contributed by atoms with van der Waals surface area (Å²) >= 11 is 11.6. The third kappa shape index (κ3) is 4.04. The van der Waals surface area contributed by atoms with Crippen LogP contribution in [-0.2, 0) is 15.8 Å². The summed E-state index contributed by atoms with van der Waals surface area (Å²) in [5.41, 5.74) is 1.03. The molecule has 0 aliphatic carbocycles. The molecular formula is C11H10Cl2N4O2S. The summed E-state index contributed by atoms with van der Waals surface area (Å²) in [6, 6.07) is 6.78. The number of para-hydroxylation sites is 1. The van der Waals surface area contributed by atoms with Crippen LogP contribution in [0, 0.1) is 0 Å². The molecule has 20 heavy (non-hydrogen) atoms. The van der Waals surface area contributed by atoms with Gasteiger partial charge in [-0.15, -0.1) is 0 Å². The van der Waals surface area contributed by atoms with Crippen LogP contribution in [0.15, 0.2) is 30.5 Å². The monoisotopic (exact) mass is 332 g/mol. The number of nitrogens with zero attached hydrogens (tertiary/aromatic N) is 2. The minimum absolute atomic E-state index is 0.0285. The molecule has 0 unspecified atom stereocenters. The minimum Gasteiger partial charge on any atom is -0.339 e.